The molecule has 0 spiro atoms. The topological polar surface area (TPSA) is 177 Å². The van der Waals surface area contributed by atoms with E-state index in [-0.39, 0.29) is 35.4 Å². The van der Waals surface area contributed by atoms with Gasteiger partial charge in [0.05, 0.1) is 61.9 Å². The quantitative estimate of drug-likeness (QED) is 0.0917. The number of carbonyl (C=O) groups excluding carboxylic acids is 2. The van der Waals surface area contributed by atoms with Crippen molar-refractivity contribution in [1.29, 1.82) is 0 Å². The highest BCUT2D eigenvalue weighted by molar-refractivity contribution is 6.31. The van der Waals surface area contributed by atoms with Gasteiger partial charge in [-0.2, -0.15) is 0 Å². The minimum Gasteiger partial charge on any atom is -0.493 e. The first-order valence-electron chi connectivity index (χ1n) is 23.4. The lowest BCUT2D eigenvalue weighted by Gasteiger charge is -2.38. The molecular weight excluding hydrogens is 946 g/mol. The molecule has 4 heterocycles. The molecule has 2 aliphatic heterocycles. The van der Waals surface area contributed by atoms with Gasteiger partial charge in [0.1, 0.15) is 35.9 Å². The standard InChI is InChI=1S/2C25H27ClFN5O3/c2*1-34-22-12-20-18(25(30-14-29-20)31-21-10-15(26)2-7-19(21)27)11-23(22)35-17-5-3-16(4-6-17)32-9-8-28-24(33)13-32/h2*2,7,10-12,14,16-17H,3-6,8-9,13H2,1H3,(H,28,33)(H,29,30,31). The van der Waals surface area contributed by atoms with Crippen LogP contribution in [0.3, 0.4) is 0 Å². The minimum absolute atomic E-state index is 0.0302. The number of rotatable bonds is 12. The Labute approximate surface area is 413 Å². The van der Waals surface area contributed by atoms with Gasteiger partial charge in [0.25, 0.3) is 0 Å². The number of ether oxygens (including phenoxy) is 4. The number of hydrogen-bond donors (Lipinski definition) is 4. The zero-order valence-electron chi connectivity index (χ0n) is 38.8. The SMILES string of the molecule is COc1cc2ncnc(Nc3cc(Cl)ccc3F)c2cc1OC1CCC(N2CCNC(=O)C2)CC1.COc1cc2ncnc(Nc3cc(Cl)ccc3F)c2cc1OC1CCC(N2CCNC(=O)C2)CC1. The van der Waals surface area contributed by atoms with E-state index in [0.717, 1.165) is 64.5 Å². The minimum atomic E-state index is -0.436. The Balaban J connectivity index is 0.000000174. The van der Waals surface area contributed by atoms with Crippen LogP contribution in [0, 0.1) is 11.6 Å². The number of anilines is 4. The molecule has 20 heteroatoms. The summed E-state index contributed by atoms with van der Waals surface area (Å²) in [5, 5.41) is 14.0. The van der Waals surface area contributed by atoms with Crippen LogP contribution in [0.15, 0.2) is 73.3 Å². The molecule has 16 nitrogen and oxygen atoms in total. The summed E-state index contributed by atoms with van der Waals surface area (Å²) < 4.78 is 52.6. The van der Waals surface area contributed by atoms with Gasteiger partial charge in [-0.3, -0.25) is 19.4 Å². The smallest absolute Gasteiger partial charge is 0.234 e. The molecule has 70 heavy (non-hydrogen) atoms. The number of piperazine rings is 2. The van der Waals surface area contributed by atoms with E-state index in [1.54, 1.807) is 26.4 Å². The number of aromatic nitrogens is 4. The van der Waals surface area contributed by atoms with Crippen LogP contribution in [0.4, 0.5) is 31.8 Å². The van der Waals surface area contributed by atoms with Crippen LogP contribution in [-0.4, -0.2) is 119 Å². The molecule has 10 rings (SSSR count). The molecule has 2 amide bonds. The van der Waals surface area contributed by atoms with Crippen molar-refractivity contribution < 1.29 is 37.3 Å². The molecule has 0 unspecified atom stereocenters. The van der Waals surface area contributed by atoms with Crippen molar-refractivity contribution in [2.24, 2.45) is 0 Å². The summed E-state index contributed by atoms with van der Waals surface area (Å²) in [6.45, 7) is 4.14. The molecule has 0 bridgehead atoms. The van der Waals surface area contributed by atoms with Gasteiger partial charge in [-0.25, -0.2) is 28.7 Å². The highest BCUT2D eigenvalue weighted by Crippen LogP contribution is 2.40. The average Bonchev–Trinajstić information content (AvgIpc) is 3.37. The second kappa shape index (κ2) is 22.2. The summed E-state index contributed by atoms with van der Waals surface area (Å²) in [7, 11) is 3.18. The number of amides is 2. The number of halogens is 4. The van der Waals surface area contributed by atoms with Crippen molar-refractivity contribution in [2.75, 3.05) is 64.1 Å². The Morgan fingerprint density at radius 1 is 0.571 bits per heavy atom. The number of nitrogens with zero attached hydrogens (tertiary/aromatic N) is 6. The molecule has 2 aliphatic carbocycles. The maximum Gasteiger partial charge on any atom is 0.234 e. The molecule has 2 saturated heterocycles. The highest BCUT2D eigenvalue weighted by atomic mass is 35.5. The van der Waals surface area contributed by atoms with E-state index in [4.69, 9.17) is 42.1 Å². The maximum atomic E-state index is 14.3. The molecule has 0 atom stereocenters. The summed E-state index contributed by atoms with van der Waals surface area (Å²) >= 11 is 12.1. The van der Waals surface area contributed by atoms with E-state index in [9.17, 15) is 18.4 Å². The van der Waals surface area contributed by atoms with Crippen LogP contribution in [0.2, 0.25) is 10.0 Å². The average molecular weight is 1000 g/mol. The van der Waals surface area contributed by atoms with E-state index in [0.29, 0.717) is 105 Å². The highest BCUT2D eigenvalue weighted by Gasteiger charge is 2.32. The van der Waals surface area contributed by atoms with Gasteiger partial charge in [-0.05, 0) is 99.9 Å². The third-order valence-electron chi connectivity index (χ3n) is 13.2. The summed E-state index contributed by atoms with van der Waals surface area (Å²) in [5.74, 6) is 2.53. The zero-order valence-corrected chi connectivity index (χ0v) is 40.3. The van der Waals surface area contributed by atoms with Gasteiger partial charge in [0.15, 0.2) is 23.0 Å². The van der Waals surface area contributed by atoms with Crippen molar-refractivity contribution in [3.63, 3.8) is 0 Å². The molecule has 2 saturated carbocycles. The van der Waals surface area contributed by atoms with Crippen LogP contribution < -0.4 is 40.2 Å². The summed E-state index contributed by atoms with van der Waals surface area (Å²) in [4.78, 5) is 45.4. The molecule has 4 N–H and O–H groups in total. The normalized spacial score (nSPS) is 20.9. The van der Waals surface area contributed by atoms with Gasteiger partial charge in [0, 0.05) is 71.2 Å². The van der Waals surface area contributed by atoms with Gasteiger partial charge in [-0.1, -0.05) is 23.2 Å². The fourth-order valence-electron chi connectivity index (χ4n) is 9.63. The van der Waals surface area contributed by atoms with Gasteiger partial charge in [-0.15, -0.1) is 0 Å². The first-order chi connectivity index (χ1) is 34.0. The van der Waals surface area contributed by atoms with Gasteiger partial charge < -0.3 is 40.2 Å². The first kappa shape index (κ1) is 48.7. The van der Waals surface area contributed by atoms with Gasteiger partial charge in [0.2, 0.25) is 11.8 Å². The van der Waals surface area contributed by atoms with E-state index >= 15 is 0 Å². The van der Waals surface area contributed by atoms with Crippen LogP contribution in [0.5, 0.6) is 23.0 Å². The second-order valence-electron chi connectivity index (χ2n) is 17.7. The lowest BCUT2D eigenvalue weighted by atomic mass is 9.91. The Morgan fingerprint density at radius 2 is 0.986 bits per heavy atom. The molecular formula is C50H54Cl2F2N10O6. The maximum absolute atomic E-state index is 14.3. The van der Waals surface area contributed by atoms with Crippen molar-refractivity contribution in [2.45, 2.75) is 75.7 Å². The van der Waals surface area contributed by atoms with Crippen LogP contribution in [0.25, 0.3) is 21.8 Å². The molecule has 6 aromatic rings. The summed E-state index contributed by atoms with van der Waals surface area (Å²) in [6, 6.07) is 16.7. The third kappa shape index (κ3) is 11.6. The molecule has 4 aromatic carbocycles. The summed E-state index contributed by atoms with van der Waals surface area (Å²) in [5.41, 5.74) is 1.73. The van der Waals surface area contributed by atoms with E-state index < -0.39 is 11.6 Å². The Kier molecular flexibility index (Phi) is 15.4. The molecule has 0 radical (unpaired) electrons. The fraction of sp³-hybridized carbons (Fsp3) is 0.400. The molecule has 2 aromatic heterocycles. The van der Waals surface area contributed by atoms with Crippen LogP contribution in [-0.2, 0) is 9.59 Å². The fourth-order valence-corrected chi connectivity index (χ4v) is 9.97. The Bertz CT molecular complexity index is 2660. The van der Waals surface area contributed by atoms with Crippen molar-refractivity contribution in [3.05, 3.63) is 95.0 Å². The Hall–Kier alpha value is -6.34. The monoisotopic (exact) mass is 998 g/mol. The van der Waals surface area contributed by atoms with E-state index in [1.165, 1.54) is 49.1 Å². The summed E-state index contributed by atoms with van der Waals surface area (Å²) in [6.07, 6.45) is 10.3. The lowest BCUT2D eigenvalue weighted by Crippen LogP contribution is -2.52. The van der Waals surface area contributed by atoms with Crippen molar-refractivity contribution in [3.8, 4) is 23.0 Å². The second-order valence-corrected chi connectivity index (χ2v) is 18.6. The molecule has 368 valence electrons. The third-order valence-corrected chi connectivity index (χ3v) is 13.7. The van der Waals surface area contributed by atoms with Crippen LogP contribution >= 0.6 is 23.2 Å². The van der Waals surface area contributed by atoms with Crippen LogP contribution in [0.1, 0.15) is 51.4 Å². The first-order valence-corrected chi connectivity index (χ1v) is 24.2. The number of fused-ring (bicyclic) bond motifs is 2. The van der Waals surface area contributed by atoms with Gasteiger partial charge >= 0.3 is 0 Å². The number of benzene rings is 4. The molecule has 4 fully saturated rings. The number of carbonyl (C=O) groups is 2. The Morgan fingerprint density at radius 3 is 1.37 bits per heavy atom. The van der Waals surface area contributed by atoms with Crippen molar-refractivity contribution >= 4 is 79.8 Å². The number of hydrogen-bond acceptors (Lipinski definition) is 14. The predicted octanol–water partition coefficient (Wildman–Crippen LogP) is 8.59. The van der Waals surface area contributed by atoms with E-state index in [2.05, 4.69) is 51.0 Å². The van der Waals surface area contributed by atoms with Crippen molar-refractivity contribution in [1.82, 2.24) is 40.4 Å². The largest absolute Gasteiger partial charge is 0.493 e. The van der Waals surface area contributed by atoms with E-state index in [1.807, 2.05) is 12.1 Å². The number of nitrogens with one attached hydrogen (secondary N) is 4. The zero-order chi connectivity index (χ0) is 48.7. The lowest BCUT2D eigenvalue weighted by molar-refractivity contribution is -0.126. The predicted molar refractivity (Wildman–Crippen MR) is 264 cm³/mol. The number of methoxy groups -OCH3 is 2. The molecule has 4 aliphatic rings.